The molecule has 2 aromatic heterocycles. The second-order valence-corrected chi connectivity index (χ2v) is 11.3. The fourth-order valence-electron chi connectivity index (χ4n) is 5.95. The van der Waals surface area contributed by atoms with Crippen LogP contribution in [0.3, 0.4) is 0 Å². The normalized spacial score (nSPS) is 31.0. The molecule has 0 aromatic carbocycles. The van der Waals surface area contributed by atoms with Crippen molar-refractivity contribution in [2.75, 3.05) is 18.5 Å². The van der Waals surface area contributed by atoms with Crippen LogP contribution >= 0.6 is 11.3 Å². The van der Waals surface area contributed by atoms with Crippen LogP contribution in [0.15, 0.2) is 22.8 Å². The zero-order valence-corrected chi connectivity index (χ0v) is 20.7. The summed E-state index contributed by atoms with van der Waals surface area (Å²) in [5.74, 6) is 0.688. The molecule has 0 saturated heterocycles. The summed E-state index contributed by atoms with van der Waals surface area (Å²) >= 11 is 1.66. The van der Waals surface area contributed by atoms with Gasteiger partial charge in [-0.3, -0.25) is 4.79 Å². The Morgan fingerprint density at radius 2 is 2.21 bits per heavy atom. The van der Waals surface area contributed by atoms with Crippen LogP contribution in [0.25, 0.3) is 0 Å². The van der Waals surface area contributed by atoms with E-state index in [1.807, 2.05) is 19.1 Å². The third-order valence-corrected chi connectivity index (χ3v) is 9.18. The lowest BCUT2D eigenvalue weighted by atomic mass is 9.47. The van der Waals surface area contributed by atoms with Crippen LogP contribution in [-0.4, -0.2) is 40.4 Å². The number of hydrogen-bond donors (Lipinski definition) is 4. The van der Waals surface area contributed by atoms with Crippen molar-refractivity contribution >= 4 is 22.4 Å². The van der Waals surface area contributed by atoms with Crippen molar-refractivity contribution in [3.8, 4) is 0 Å². The highest BCUT2D eigenvalue weighted by atomic mass is 32.1. The van der Waals surface area contributed by atoms with E-state index >= 15 is 0 Å². The van der Waals surface area contributed by atoms with Crippen molar-refractivity contribution in [1.29, 1.82) is 0 Å². The number of furan rings is 1. The number of amides is 1. The number of anilines is 1. The average molecular weight is 476 g/mol. The summed E-state index contributed by atoms with van der Waals surface area (Å²) in [7, 11) is 0. The predicted octanol–water partition coefficient (Wildman–Crippen LogP) is 4.07. The van der Waals surface area contributed by atoms with Gasteiger partial charge in [-0.2, -0.15) is 0 Å². The van der Waals surface area contributed by atoms with E-state index in [2.05, 4.69) is 24.5 Å². The van der Waals surface area contributed by atoms with Crippen molar-refractivity contribution in [3.05, 3.63) is 34.7 Å². The van der Waals surface area contributed by atoms with E-state index in [4.69, 9.17) is 9.40 Å². The van der Waals surface area contributed by atoms with Gasteiger partial charge in [0.15, 0.2) is 5.13 Å². The first-order valence-corrected chi connectivity index (χ1v) is 12.9. The number of hydrogen-bond acceptors (Lipinski definition) is 7. The minimum atomic E-state index is -0.604. The molecule has 0 spiro atoms. The Balaban J connectivity index is 1.63. The summed E-state index contributed by atoms with van der Waals surface area (Å²) in [6, 6.07) is 3.66. The van der Waals surface area contributed by atoms with Gasteiger partial charge < -0.3 is 25.3 Å². The van der Waals surface area contributed by atoms with Gasteiger partial charge in [-0.1, -0.05) is 27.2 Å². The van der Waals surface area contributed by atoms with E-state index in [-0.39, 0.29) is 29.8 Å². The number of carbonyl (C=O) groups excluding carboxylic acids is 1. The van der Waals surface area contributed by atoms with Crippen LogP contribution in [0.2, 0.25) is 0 Å². The fraction of sp³-hybridized carbons (Fsp3) is 0.680. The maximum absolute atomic E-state index is 13.1. The number of nitrogens with one attached hydrogen (secondary N) is 2. The van der Waals surface area contributed by atoms with Gasteiger partial charge in [0.05, 0.1) is 31.2 Å². The van der Waals surface area contributed by atoms with Crippen LogP contribution in [0.5, 0.6) is 0 Å². The molecule has 0 radical (unpaired) electrons. The van der Waals surface area contributed by atoms with Crippen LogP contribution in [0.1, 0.15) is 75.1 Å². The average Bonchev–Trinajstić information content (AvgIpc) is 3.46. The lowest BCUT2D eigenvalue weighted by Gasteiger charge is -2.58. The first-order chi connectivity index (χ1) is 15.8. The molecule has 4 N–H and O–H groups in total. The fourth-order valence-corrected chi connectivity index (χ4v) is 7.04. The molecular formula is C25H37N3O4S. The molecule has 182 valence electrons. The Bertz CT molecular complexity index is 946. The molecule has 5 unspecified atom stereocenters. The molecule has 1 saturated carbocycles. The minimum Gasteiger partial charge on any atom is -0.467 e. The number of fused-ring (bicyclic) bond motifs is 2. The summed E-state index contributed by atoms with van der Waals surface area (Å²) in [6.45, 7) is 7.57. The highest BCUT2D eigenvalue weighted by Gasteiger charge is 2.59. The van der Waals surface area contributed by atoms with Crippen LogP contribution in [0, 0.1) is 16.7 Å². The molecule has 2 heterocycles. The third-order valence-electron chi connectivity index (χ3n) is 8.13. The van der Waals surface area contributed by atoms with E-state index < -0.39 is 11.5 Å². The van der Waals surface area contributed by atoms with Crippen molar-refractivity contribution in [2.24, 2.45) is 16.7 Å². The van der Waals surface area contributed by atoms with E-state index in [0.717, 1.165) is 48.8 Å². The van der Waals surface area contributed by atoms with Crippen LogP contribution < -0.4 is 10.6 Å². The van der Waals surface area contributed by atoms with Crippen molar-refractivity contribution < 1.29 is 19.4 Å². The number of aromatic nitrogens is 1. The van der Waals surface area contributed by atoms with Crippen molar-refractivity contribution in [1.82, 2.24) is 10.3 Å². The molecule has 2 aliphatic carbocycles. The smallest absolute Gasteiger partial charge is 0.221 e. The van der Waals surface area contributed by atoms with E-state index in [0.29, 0.717) is 19.4 Å². The Labute approximate surface area is 200 Å². The highest BCUT2D eigenvalue weighted by molar-refractivity contribution is 7.15. The van der Waals surface area contributed by atoms with Gasteiger partial charge in [-0.05, 0) is 49.1 Å². The Morgan fingerprint density at radius 3 is 2.91 bits per heavy atom. The zero-order valence-electron chi connectivity index (χ0n) is 19.9. The lowest BCUT2D eigenvalue weighted by Crippen LogP contribution is -2.57. The highest BCUT2D eigenvalue weighted by Crippen LogP contribution is 2.62. The zero-order chi connectivity index (χ0) is 23.6. The second kappa shape index (κ2) is 9.76. The number of rotatable bonds is 9. The number of nitrogens with zero attached hydrogens (tertiary/aromatic N) is 1. The molecule has 5 atom stereocenters. The molecular weight excluding hydrogens is 438 g/mol. The van der Waals surface area contributed by atoms with Gasteiger partial charge in [0.2, 0.25) is 5.91 Å². The summed E-state index contributed by atoms with van der Waals surface area (Å²) < 4.78 is 5.35. The van der Waals surface area contributed by atoms with Gasteiger partial charge in [-0.25, -0.2) is 4.98 Å². The Kier molecular flexibility index (Phi) is 7.17. The van der Waals surface area contributed by atoms with Crippen LogP contribution in [-0.2, 0) is 17.8 Å². The quantitative estimate of drug-likeness (QED) is 0.407. The van der Waals surface area contributed by atoms with Crippen molar-refractivity contribution in [3.63, 3.8) is 0 Å². The predicted molar refractivity (Wildman–Crippen MR) is 129 cm³/mol. The Hall–Kier alpha value is -1.90. The first-order valence-electron chi connectivity index (χ1n) is 12.1. The third kappa shape index (κ3) is 4.57. The monoisotopic (exact) mass is 475 g/mol. The number of carbonyl (C=O) groups is 1. The van der Waals surface area contributed by atoms with Gasteiger partial charge in [-0.15, -0.1) is 11.3 Å². The molecule has 8 heteroatoms. The maximum atomic E-state index is 13.1. The molecule has 2 aliphatic rings. The molecule has 1 fully saturated rings. The minimum absolute atomic E-state index is 0.0328. The topological polar surface area (TPSA) is 108 Å². The van der Waals surface area contributed by atoms with Gasteiger partial charge in [0.25, 0.3) is 0 Å². The standard InChI is InChI=1S/C25H37N3O4S/c1-4-5-10-26-23-28-22-17(12-21(31)27-14-16-7-6-11-32-16)24(2)9-8-20(30)25(3,15-29)19(24)13-18(22)33-23/h6-7,11,17,19-20,29-30H,4-5,8-10,12-15H2,1-3H3,(H,26,28)(H,27,31). The number of unbranched alkanes of at least 4 members (excludes halogenated alkanes) is 1. The van der Waals surface area contributed by atoms with E-state index in [9.17, 15) is 15.0 Å². The molecule has 0 bridgehead atoms. The summed E-state index contributed by atoms with van der Waals surface area (Å²) in [6.07, 6.45) is 5.78. The van der Waals surface area contributed by atoms with E-state index in [1.165, 1.54) is 4.88 Å². The van der Waals surface area contributed by atoms with Crippen molar-refractivity contribution in [2.45, 2.75) is 77.9 Å². The molecule has 33 heavy (non-hydrogen) atoms. The Morgan fingerprint density at radius 1 is 1.39 bits per heavy atom. The number of thiazole rings is 1. The van der Waals surface area contributed by atoms with Gasteiger partial charge in [0.1, 0.15) is 5.76 Å². The molecule has 1 amide bonds. The first kappa shape index (κ1) is 24.2. The molecule has 2 aromatic rings. The molecule has 0 aliphatic heterocycles. The molecule has 4 rings (SSSR count). The van der Waals surface area contributed by atoms with Gasteiger partial charge >= 0.3 is 0 Å². The summed E-state index contributed by atoms with van der Waals surface area (Å²) in [5, 5.41) is 28.6. The van der Waals surface area contributed by atoms with Gasteiger partial charge in [0, 0.05) is 29.2 Å². The largest absolute Gasteiger partial charge is 0.467 e. The number of aliphatic hydroxyl groups is 2. The SMILES string of the molecule is CCCCNc1nc2c(s1)CC1C(C)(CO)C(O)CCC1(C)C2CC(=O)NCc1ccco1. The summed E-state index contributed by atoms with van der Waals surface area (Å²) in [5.41, 5.74) is 0.177. The summed E-state index contributed by atoms with van der Waals surface area (Å²) in [4.78, 5) is 19.2. The van der Waals surface area contributed by atoms with E-state index in [1.54, 1.807) is 17.6 Å². The molecule has 7 nitrogen and oxygen atoms in total. The maximum Gasteiger partial charge on any atom is 0.221 e. The number of aliphatic hydroxyl groups excluding tert-OH is 2. The lowest BCUT2D eigenvalue weighted by molar-refractivity contribution is -0.144. The van der Waals surface area contributed by atoms with Crippen LogP contribution in [0.4, 0.5) is 5.13 Å². The second-order valence-electron chi connectivity index (χ2n) is 10.2.